The van der Waals surface area contributed by atoms with Crippen molar-refractivity contribution in [3.8, 4) is 0 Å². The number of hydrogen-bond acceptors (Lipinski definition) is 9. The quantitative estimate of drug-likeness (QED) is 0.201. The molecule has 4 amide bonds. The zero-order valence-electron chi connectivity index (χ0n) is 29.2. The van der Waals surface area contributed by atoms with Crippen LogP contribution in [0.4, 0.5) is 9.18 Å². The van der Waals surface area contributed by atoms with Gasteiger partial charge >= 0.3 is 6.09 Å². The van der Waals surface area contributed by atoms with Crippen LogP contribution in [-0.2, 0) is 47.0 Å². The number of allylic oxidation sites excluding steroid dienone is 1. The Balaban J connectivity index is 1.25. The average Bonchev–Trinajstić information content (AvgIpc) is 3.93. The molecule has 0 aromatic heterocycles. The minimum atomic E-state index is -3.90. The number of benzene rings is 1. The molecule has 278 valence electrons. The van der Waals surface area contributed by atoms with Crippen LogP contribution in [0.3, 0.4) is 0 Å². The van der Waals surface area contributed by atoms with Gasteiger partial charge in [-0.1, -0.05) is 37.1 Å². The van der Waals surface area contributed by atoms with Crippen molar-refractivity contribution in [2.75, 3.05) is 6.54 Å². The van der Waals surface area contributed by atoms with E-state index in [1.54, 1.807) is 37.8 Å². The van der Waals surface area contributed by atoms with E-state index in [9.17, 15) is 32.0 Å². The molecule has 1 aromatic carbocycles. The van der Waals surface area contributed by atoms with Crippen molar-refractivity contribution in [2.45, 2.75) is 126 Å². The summed E-state index contributed by atoms with van der Waals surface area (Å²) in [5.41, 5.74) is -1.16. The monoisotopic (exact) mass is 730 g/mol. The molecule has 3 fully saturated rings. The maximum Gasteiger partial charge on any atom is 0.408 e. The Morgan fingerprint density at radius 1 is 1.10 bits per heavy atom. The van der Waals surface area contributed by atoms with E-state index < -0.39 is 74.3 Å². The number of nitrogens with zero attached hydrogens (tertiary/aromatic N) is 2. The molecule has 51 heavy (non-hydrogen) atoms. The van der Waals surface area contributed by atoms with Crippen LogP contribution in [0.25, 0.3) is 0 Å². The lowest BCUT2D eigenvalue weighted by Gasteiger charge is -2.30. The summed E-state index contributed by atoms with van der Waals surface area (Å²) in [5.74, 6) is -2.89. The van der Waals surface area contributed by atoms with Crippen molar-refractivity contribution in [3.05, 3.63) is 47.3 Å². The van der Waals surface area contributed by atoms with Gasteiger partial charge in [-0.05, 0) is 70.9 Å². The van der Waals surface area contributed by atoms with Crippen molar-refractivity contribution < 1.29 is 41.5 Å². The van der Waals surface area contributed by atoms with Gasteiger partial charge in [0.15, 0.2) is 0 Å². The van der Waals surface area contributed by atoms with Gasteiger partial charge in [0.2, 0.25) is 21.8 Å². The highest BCUT2D eigenvalue weighted by molar-refractivity contribution is 7.91. The molecule has 4 N–H and O–H groups in total. The standard InChI is InChI=1S/C35H47FN6O8S/c1-34(2,3)50-33(46)38-27-13-8-6-4-5-7-11-22-17-35(22,31(45)40-51(47,48)24-14-15-24)39-29(43)28-16-23(19-42(28)30(27)44)49-32(37)41-18-21-10-9-12-26(36)25(21)20-41/h7,9-12,22-24,27-28,37H,4-6,8,13-20H2,1-3H3,(H,38,46)(H,39,43)(H,40,45)/b11-7-,37-32?/t22-,23-,27+,28+,35-/m1/s1. The summed E-state index contributed by atoms with van der Waals surface area (Å²) >= 11 is 0. The lowest BCUT2D eigenvalue weighted by molar-refractivity contribution is -0.141. The number of nitrogens with one attached hydrogen (secondary N) is 4. The molecule has 3 heterocycles. The van der Waals surface area contributed by atoms with E-state index >= 15 is 0 Å². The highest BCUT2D eigenvalue weighted by atomic mass is 32.2. The highest BCUT2D eigenvalue weighted by Gasteiger charge is 2.62. The first-order chi connectivity index (χ1) is 24.1. The smallest absolute Gasteiger partial charge is 0.408 e. The molecule has 3 aliphatic heterocycles. The first-order valence-electron chi connectivity index (χ1n) is 17.7. The topological polar surface area (TPSA) is 187 Å². The predicted molar refractivity (Wildman–Crippen MR) is 183 cm³/mol. The third-order valence-corrected chi connectivity index (χ3v) is 11.8. The van der Waals surface area contributed by atoms with Gasteiger partial charge in [-0.15, -0.1) is 0 Å². The maximum atomic E-state index is 14.4. The summed E-state index contributed by atoms with van der Waals surface area (Å²) in [4.78, 5) is 57.8. The Labute approximate surface area is 297 Å². The number of carbonyl (C=O) groups is 4. The fourth-order valence-electron chi connectivity index (χ4n) is 7.05. The fourth-order valence-corrected chi connectivity index (χ4v) is 8.42. The van der Waals surface area contributed by atoms with Crippen molar-refractivity contribution in [2.24, 2.45) is 5.92 Å². The van der Waals surface area contributed by atoms with E-state index in [0.29, 0.717) is 31.2 Å². The van der Waals surface area contributed by atoms with E-state index in [1.165, 1.54) is 11.0 Å². The average molecular weight is 731 g/mol. The van der Waals surface area contributed by atoms with Gasteiger partial charge in [0.05, 0.1) is 18.3 Å². The van der Waals surface area contributed by atoms with E-state index in [-0.39, 0.29) is 50.7 Å². The molecule has 6 rings (SSSR count). The largest absolute Gasteiger partial charge is 0.460 e. The summed E-state index contributed by atoms with van der Waals surface area (Å²) in [6.07, 6.45) is 6.23. The molecule has 2 saturated carbocycles. The number of sulfonamides is 1. The van der Waals surface area contributed by atoms with Crippen LogP contribution in [0.2, 0.25) is 0 Å². The Bertz CT molecular complexity index is 1730. The summed E-state index contributed by atoms with van der Waals surface area (Å²) in [6.45, 7) is 5.38. The van der Waals surface area contributed by atoms with Crippen molar-refractivity contribution in [3.63, 3.8) is 0 Å². The number of amides is 4. The summed E-state index contributed by atoms with van der Waals surface area (Å²) in [5, 5.41) is 13.5. The van der Waals surface area contributed by atoms with Crippen molar-refractivity contribution in [1.82, 2.24) is 25.2 Å². The second-order valence-electron chi connectivity index (χ2n) is 15.2. The molecule has 0 unspecified atom stereocenters. The Kier molecular flexibility index (Phi) is 10.1. The minimum Gasteiger partial charge on any atom is -0.460 e. The molecule has 0 spiro atoms. The molecular weight excluding hydrogens is 683 g/mol. The number of hydrogen-bond donors (Lipinski definition) is 4. The number of amidine groups is 1. The van der Waals surface area contributed by atoms with Gasteiger partial charge in [0.1, 0.15) is 35.1 Å². The summed E-state index contributed by atoms with van der Waals surface area (Å²) in [7, 11) is -3.90. The number of ether oxygens (including phenoxy) is 2. The Morgan fingerprint density at radius 3 is 2.57 bits per heavy atom. The van der Waals surface area contributed by atoms with Crippen LogP contribution >= 0.6 is 0 Å². The third kappa shape index (κ3) is 8.31. The second-order valence-corrected chi connectivity index (χ2v) is 17.2. The summed E-state index contributed by atoms with van der Waals surface area (Å²) < 4.78 is 53.6. The van der Waals surface area contributed by atoms with Gasteiger partial charge in [0.25, 0.3) is 11.9 Å². The van der Waals surface area contributed by atoms with Gasteiger partial charge in [-0.25, -0.2) is 17.6 Å². The number of fused-ring (bicyclic) bond motifs is 3. The number of carbonyl (C=O) groups excluding carboxylic acids is 4. The molecule has 5 aliphatic rings. The van der Waals surface area contributed by atoms with Gasteiger partial charge in [-0.3, -0.25) is 24.5 Å². The zero-order chi connectivity index (χ0) is 36.7. The molecule has 5 atom stereocenters. The van der Waals surface area contributed by atoms with Gasteiger partial charge in [-0.2, -0.15) is 0 Å². The summed E-state index contributed by atoms with van der Waals surface area (Å²) in [6, 6.07) is 2.27. The molecule has 14 nitrogen and oxygen atoms in total. The highest BCUT2D eigenvalue weighted by Crippen LogP contribution is 2.46. The number of halogens is 1. The van der Waals surface area contributed by atoms with Crippen molar-refractivity contribution >= 4 is 39.9 Å². The number of rotatable bonds is 5. The zero-order valence-corrected chi connectivity index (χ0v) is 30.0. The lowest BCUT2D eigenvalue weighted by atomic mass is 10.0. The predicted octanol–water partition coefficient (Wildman–Crippen LogP) is 2.96. The first kappa shape index (κ1) is 36.6. The SMILES string of the molecule is CC(C)(C)OC(=O)N[C@H]1CCCCC/C=C\[C@@H]2C[C@@]2(C(=O)NS(=O)(=O)C2CC2)NC(=O)[C@@H]2C[C@@H](OC(=N)N3Cc4cccc(F)c4C3)CN2C1=O. The molecule has 16 heteroatoms. The Morgan fingerprint density at radius 2 is 1.86 bits per heavy atom. The van der Waals surface area contributed by atoms with Crippen LogP contribution in [0.5, 0.6) is 0 Å². The Hall–Kier alpha value is -4.21. The first-order valence-corrected chi connectivity index (χ1v) is 19.2. The van der Waals surface area contributed by atoms with E-state index in [2.05, 4.69) is 15.4 Å². The minimum absolute atomic E-state index is 0.0488. The van der Waals surface area contributed by atoms with Crippen LogP contribution in [0.1, 0.15) is 89.7 Å². The van der Waals surface area contributed by atoms with Gasteiger partial charge < -0.3 is 29.9 Å². The molecule has 0 radical (unpaired) electrons. The molecule has 0 bridgehead atoms. The molecule has 1 aromatic rings. The normalized spacial score (nSPS) is 28.9. The van der Waals surface area contributed by atoms with Crippen molar-refractivity contribution in [1.29, 1.82) is 5.41 Å². The van der Waals surface area contributed by atoms with Crippen LogP contribution in [0.15, 0.2) is 30.4 Å². The van der Waals surface area contributed by atoms with Crippen LogP contribution in [0, 0.1) is 17.1 Å². The molecular formula is C35H47FN6O8S. The third-order valence-electron chi connectivity index (χ3n) is 10.0. The van der Waals surface area contributed by atoms with Gasteiger partial charge in [0, 0.05) is 24.4 Å². The molecule has 1 saturated heterocycles. The lowest BCUT2D eigenvalue weighted by Crippen LogP contribution is -2.58. The second kappa shape index (κ2) is 14.1. The maximum absolute atomic E-state index is 14.4. The van der Waals surface area contributed by atoms with E-state index in [4.69, 9.17) is 14.9 Å². The fraction of sp³-hybridized carbons (Fsp3) is 0.629. The molecule has 2 aliphatic carbocycles. The van der Waals surface area contributed by atoms with E-state index in [0.717, 1.165) is 18.4 Å². The van der Waals surface area contributed by atoms with Crippen LogP contribution in [-0.4, -0.2) is 89.2 Å². The number of alkyl carbamates (subject to hydrolysis) is 1. The van der Waals surface area contributed by atoms with Crippen LogP contribution < -0.4 is 15.4 Å². The van der Waals surface area contributed by atoms with E-state index in [1.807, 2.05) is 12.2 Å².